The van der Waals surface area contributed by atoms with Crippen LogP contribution >= 0.6 is 11.3 Å². The Morgan fingerprint density at radius 1 is 1.48 bits per heavy atom. The van der Waals surface area contributed by atoms with Crippen molar-refractivity contribution in [3.05, 3.63) is 45.7 Å². The number of halogens is 1. The molecule has 1 aliphatic rings. The van der Waals surface area contributed by atoms with Crippen LogP contribution in [0, 0.1) is 12.7 Å². The van der Waals surface area contributed by atoms with Gasteiger partial charge in [0.2, 0.25) is 0 Å². The van der Waals surface area contributed by atoms with Gasteiger partial charge in [-0.1, -0.05) is 6.07 Å². The number of nitrogens with one attached hydrogen (secondary N) is 1. The van der Waals surface area contributed by atoms with Crippen LogP contribution < -0.4 is 5.32 Å². The smallest absolute Gasteiger partial charge is 0.257 e. The Kier molecular flexibility index (Phi) is 3.73. The van der Waals surface area contributed by atoms with Crippen molar-refractivity contribution in [3.8, 4) is 0 Å². The number of aryl methyl sites for hydroxylation is 1. The maximum absolute atomic E-state index is 13.5. The molecule has 21 heavy (non-hydrogen) atoms. The van der Waals surface area contributed by atoms with Gasteiger partial charge in [0.1, 0.15) is 5.82 Å². The van der Waals surface area contributed by atoms with Crippen molar-refractivity contribution in [1.29, 1.82) is 0 Å². The van der Waals surface area contributed by atoms with Gasteiger partial charge in [0.05, 0.1) is 5.69 Å². The fraction of sp³-hybridized carbons (Fsp3) is 0.333. The number of anilines is 1. The molecule has 3 rings (SSSR count). The number of carbonyl (C=O) groups excluding carboxylic acids is 1. The van der Waals surface area contributed by atoms with E-state index in [-0.39, 0.29) is 11.7 Å². The molecule has 0 saturated carbocycles. The number of nitrogens with zero attached hydrogens (tertiary/aromatic N) is 2. The second-order valence-corrected chi connectivity index (χ2v) is 6.38. The number of fused-ring (bicyclic) bond motifs is 1. The Bertz CT molecular complexity index is 698. The van der Waals surface area contributed by atoms with E-state index in [9.17, 15) is 9.18 Å². The molecule has 1 aliphatic heterocycles. The molecule has 110 valence electrons. The zero-order chi connectivity index (χ0) is 15.0. The van der Waals surface area contributed by atoms with E-state index in [1.54, 1.807) is 19.1 Å². The first-order valence-corrected chi connectivity index (χ1v) is 7.59. The number of rotatable bonds is 2. The van der Waals surface area contributed by atoms with E-state index in [4.69, 9.17) is 0 Å². The van der Waals surface area contributed by atoms with Crippen LogP contribution in [-0.2, 0) is 13.0 Å². The van der Waals surface area contributed by atoms with Crippen LogP contribution in [0.1, 0.15) is 26.5 Å². The van der Waals surface area contributed by atoms with E-state index in [0.717, 1.165) is 25.2 Å². The monoisotopic (exact) mass is 305 g/mol. The summed E-state index contributed by atoms with van der Waals surface area (Å²) in [5, 5.41) is 3.34. The third-order valence-electron chi connectivity index (χ3n) is 3.58. The second kappa shape index (κ2) is 5.54. The lowest BCUT2D eigenvalue weighted by atomic mass is 10.1. The van der Waals surface area contributed by atoms with E-state index in [2.05, 4.69) is 22.2 Å². The van der Waals surface area contributed by atoms with Crippen molar-refractivity contribution in [2.75, 3.05) is 18.9 Å². The van der Waals surface area contributed by atoms with Crippen molar-refractivity contribution in [3.63, 3.8) is 0 Å². The van der Waals surface area contributed by atoms with Crippen molar-refractivity contribution in [2.24, 2.45) is 0 Å². The molecule has 0 bridgehead atoms. The van der Waals surface area contributed by atoms with Crippen LogP contribution in [0.3, 0.4) is 0 Å². The van der Waals surface area contributed by atoms with Gasteiger partial charge in [-0.05, 0) is 31.7 Å². The van der Waals surface area contributed by atoms with Crippen molar-refractivity contribution in [2.45, 2.75) is 19.9 Å². The third-order valence-corrected chi connectivity index (χ3v) is 4.57. The number of carbonyl (C=O) groups is 1. The Hall–Kier alpha value is -1.79. The van der Waals surface area contributed by atoms with E-state index in [0.29, 0.717) is 16.3 Å². The van der Waals surface area contributed by atoms with Gasteiger partial charge in [-0.3, -0.25) is 10.1 Å². The summed E-state index contributed by atoms with van der Waals surface area (Å²) in [7, 11) is 2.07. The summed E-state index contributed by atoms with van der Waals surface area (Å²) in [4.78, 5) is 20.0. The minimum atomic E-state index is -0.372. The Morgan fingerprint density at radius 2 is 2.29 bits per heavy atom. The van der Waals surface area contributed by atoms with Crippen molar-refractivity contribution >= 4 is 22.4 Å². The van der Waals surface area contributed by atoms with Crippen LogP contribution in [0.4, 0.5) is 9.52 Å². The Labute approximate surface area is 126 Å². The maximum Gasteiger partial charge on any atom is 0.257 e. The molecule has 1 amide bonds. The molecule has 0 radical (unpaired) electrons. The van der Waals surface area contributed by atoms with Gasteiger partial charge in [0.15, 0.2) is 5.13 Å². The van der Waals surface area contributed by atoms with Crippen LogP contribution in [-0.4, -0.2) is 29.4 Å². The van der Waals surface area contributed by atoms with Crippen LogP contribution in [0.5, 0.6) is 0 Å². The highest BCUT2D eigenvalue weighted by Gasteiger charge is 2.19. The molecule has 0 unspecified atom stereocenters. The SMILES string of the molecule is Cc1ccc(C(=O)Nc2nc3c(s2)CN(C)CC3)cc1F. The predicted molar refractivity (Wildman–Crippen MR) is 81.2 cm³/mol. The number of hydrogen-bond donors (Lipinski definition) is 1. The molecule has 1 aromatic carbocycles. The van der Waals surface area contributed by atoms with E-state index < -0.39 is 0 Å². The molecule has 0 aliphatic carbocycles. The molecule has 2 heterocycles. The van der Waals surface area contributed by atoms with Gasteiger partial charge in [0.25, 0.3) is 5.91 Å². The van der Waals surface area contributed by atoms with E-state index in [1.807, 2.05) is 0 Å². The summed E-state index contributed by atoms with van der Waals surface area (Å²) in [5.74, 6) is -0.698. The number of thiazole rings is 1. The third kappa shape index (κ3) is 2.96. The highest BCUT2D eigenvalue weighted by Crippen LogP contribution is 2.28. The number of amides is 1. The summed E-state index contributed by atoms with van der Waals surface area (Å²) in [5.41, 5.74) is 1.89. The highest BCUT2D eigenvalue weighted by molar-refractivity contribution is 7.15. The van der Waals surface area contributed by atoms with Crippen molar-refractivity contribution < 1.29 is 9.18 Å². The van der Waals surface area contributed by atoms with Gasteiger partial charge in [-0.25, -0.2) is 9.37 Å². The van der Waals surface area contributed by atoms with Gasteiger partial charge in [-0.15, -0.1) is 11.3 Å². The van der Waals surface area contributed by atoms with Crippen LogP contribution in [0.2, 0.25) is 0 Å². The molecule has 0 atom stereocenters. The van der Waals surface area contributed by atoms with Crippen molar-refractivity contribution in [1.82, 2.24) is 9.88 Å². The molecule has 4 nitrogen and oxygen atoms in total. The number of benzene rings is 1. The lowest BCUT2D eigenvalue weighted by molar-refractivity contribution is 0.102. The van der Waals surface area contributed by atoms with E-state index in [1.165, 1.54) is 22.3 Å². The fourth-order valence-corrected chi connectivity index (χ4v) is 3.36. The number of hydrogen-bond acceptors (Lipinski definition) is 4. The highest BCUT2D eigenvalue weighted by atomic mass is 32.1. The van der Waals surface area contributed by atoms with Gasteiger partial charge >= 0.3 is 0 Å². The quantitative estimate of drug-likeness (QED) is 0.928. The maximum atomic E-state index is 13.5. The first kappa shape index (κ1) is 14.2. The summed E-state index contributed by atoms with van der Waals surface area (Å²) in [6.07, 6.45) is 0.900. The fourth-order valence-electron chi connectivity index (χ4n) is 2.28. The minimum Gasteiger partial charge on any atom is -0.301 e. The average Bonchev–Trinajstić information content (AvgIpc) is 2.83. The van der Waals surface area contributed by atoms with Crippen LogP contribution in [0.15, 0.2) is 18.2 Å². The molecule has 1 N–H and O–H groups in total. The normalized spacial score (nSPS) is 14.8. The van der Waals surface area contributed by atoms with Gasteiger partial charge in [-0.2, -0.15) is 0 Å². The average molecular weight is 305 g/mol. The number of likely N-dealkylation sites (N-methyl/N-ethyl adjacent to an activating group) is 1. The largest absolute Gasteiger partial charge is 0.301 e. The molecular formula is C15H16FN3OS. The Morgan fingerprint density at radius 3 is 3.05 bits per heavy atom. The zero-order valence-electron chi connectivity index (χ0n) is 11.9. The molecule has 6 heteroatoms. The summed E-state index contributed by atoms with van der Waals surface area (Å²) in [6, 6.07) is 4.48. The summed E-state index contributed by atoms with van der Waals surface area (Å²) < 4.78 is 13.5. The standard InChI is InChI=1S/C15H16FN3OS/c1-9-3-4-10(7-11(9)16)14(20)18-15-17-12-5-6-19(2)8-13(12)21-15/h3-4,7H,5-6,8H2,1-2H3,(H,17,18,20). The lowest BCUT2D eigenvalue weighted by Crippen LogP contribution is -2.25. The first-order valence-electron chi connectivity index (χ1n) is 6.77. The Balaban J connectivity index is 1.77. The molecule has 0 fully saturated rings. The molecule has 0 spiro atoms. The van der Waals surface area contributed by atoms with Crippen LogP contribution in [0.25, 0.3) is 0 Å². The summed E-state index contributed by atoms with van der Waals surface area (Å²) in [6.45, 7) is 3.51. The van der Waals surface area contributed by atoms with E-state index >= 15 is 0 Å². The number of aromatic nitrogens is 1. The second-order valence-electron chi connectivity index (χ2n) is 5.29. The molecule has 0 saturated heterocycles. The molecule has 1 aromatic heterocycles. The lowest BCUT2D eigenvalue weighted by Gasteiger charge is -2.20. The van der Waals surface area contributed by atoms with Gasteiger partial charge < -0.3 is 4.90 Å². The molecule has 2 aromatic rings. The molecular weight excluding hydrogens is 289 g/mol. The minimum absolute atomic E-state index is 0.309. The van der Waals surface area contributed by atoms with Gasteiger partial charge in [0, 0.05) is 30.0 Å². The predicted octanol–water partition coefficient (Wildman–Crippen LogP) is 2.83. The topological polar surface area (TPSA) is 45.2 Å². The summed E-state index contributed by atoms with van der Waals surface area (Å²) >= 11 is 1.49. The zero-order valence-corrected chi connectivity index (χ0v) is 12.8. The first-order chi connectivity index (χ1) is 10.0.